The van der Waals surface area contributed by atoms with Gasteiger partial charge >= 0.3 is 0 Å². The van der Waals surface area contributed by atoms with E-state index in [0.717, 1.165) is 11.2 Å². The fraction of sp³-hybridized carbons (Fsp3) is 0.200. The van der Waals surface area contributed by atoms with Crippen LogP contribution >= 0.6 is 0 Å². The quantitative estimate of drug-likeness (QED) is 0.546. The molecule has 0 aliphatic heterocycles. The topological polar surface area (TPSA) is 46.5 Å². The molecular formula is C5H6N4. The number of fused-ring (bicyclic) bond motifs is 1. The van der Waals surface area contributed by atoms with Crippen LogP contribution in [-0.4, -0.2) is 19.7 Å². The van der Waals surface area contributed by atoms with Crippen molar-refractivity contribution in [3.8, 4) is 0 Å². The number of hydrogen-bond donors (Lipinski definition) is 1. The number of nitrogens with one attached hydrogen (secondary N) is 1. The van der Waals surface area contributed by atoms with Gasteiger partial charge in [-0.05, 0) is 0 Å². The van der Waals surface area contributed by atoms with Crippen LogP contribution in [0.3, 0.4) is 0 Å². The molecule has 1 N–H and O–H groups in total. The zero-order chi connectivity index (χ0) is 6.27. The molecule has 0 aliphatic rings. The monoisotopic (exact) mass is 122 g/mol. The zero-order valence-electron chi connectivity index (χ0n) is 5.00. The smallest absolute Gasteiger partial charge is 0.173 e. The molecule has 2 heterocycles. The summed E-state index contributed by atoms with van der Waals surface area (Å²) in [5.74, 6) is 0. The third kappa shape index (κ3) is 0.468. The fourth-order valence-corrected chi connectivity index (χ4v) is 0.820. The molecule has 0 amide bonds. The lowest BCUT2D eigenvalue weighted by Crippen LogP contribution is -2.06. The van der Waals surface area contributed by atoms with Crippen LogP contribution in [0.1, 0.15) is 0 Å². The molecule has 2 rings (SSSR count). The van der Waals surface area contributed by atoms with Crippen LogP contribution in [0.2, 0.25) is 0 Å². The molecule has 4 heteroatoms. The highest BCUT2D eigenvalue weighted by atomic mass is 15.3. The fourth-order valence-electron chi connectivity index (χ4n) is 0.820. The van der Waals surface area contributed by atoms with Crippen LogP contribution in [0.25, 0.3) is 11.2 Å². The summed E-state index contributed by atoms with van der Waals surface area (Å²) >= 11 is 0. The van der Waals surface area contributed by atoms with Crippen molar-refractivity contribution in [3.63, 3.8) is 0 Å². The van der Waals surface area contributed by atoms with Gasteiger partial charge in [0.25, 0.3) is 0 Å². The predicted molar refractivity (Wildman–Crippen MR) is 32.9 cm³/mol. The van der Waals surface area contributed by atoms with Crippen molar-refractivity contribution >= 4 is 11.2 Å². The van der Waals surface area contributed by atoms with E-state index in [2.05, 4.69) is 15.1 Å². The maximum Gasteiger partial charge on any atom is 0.173 e. The molecule has 0 aliphatic carbocycles. The third-order valence-corrected chi connectivity index (χ3v) is 1.33. The highest BCUT2D eigenvalue weighted by molar-refractivity contribution is 5.70. The first-order valence-electron chi connectivity index (χ1n) is 2.68. The number of rotatable bonds is 0. The minimum Gasteiger partial charge on any atom is -0.284 e. The summed E-state index contributed by atoms with van der Waals surface area (Å²) < 4.78 is 1.87. The summed E-state index contributed by atoms with van der Waals surface area (Å²) in [5, 5.41) is 2.97. The molecule has 4 nitrogen and oxygen atoms in total. The summed E-state index contributed by atoms with van der Waals surface area (Å²) in [6.07, 6.45) is 3.30. The van der Waals surface area contributed by atoms with E-state index in [-0.39, 0.29) is 0 Å². The van der Waals surface area contributed by atoms with Gasteiger partial charge in [0.1, 0.15) is 11.8 Å². The zero-order valence-corrected chi connectivity index (χ0v) is 5.00. The number of aryl methyl sites for hydroxylation is 1. The minimum absolute atomic E-state index is 0.910. The van der Waals surface area contributed by atoms with Gasteiger partial charge in [-0.2, -0.15) is 0 Å². The van der Waals surface area contributed by atoms with Gasteiger partial charge in [-0.15, -0.1) is 0 Å². The molecular weight excluding hydrogens is 116 g/mol. The van der Waals surface area contributed by atoms with Gasteiger partial charge in [0.15, 0.2) is 5.65 Å². The Labute approximate surface area is 51.5 Å². The van der Waals surface area contributed by atoms with E-state index < -0.39 is 0 Å². The highest BCUT2D eigenvalue weighted by Gasteiger charge is 1.98. The molecule has 46 valence electrons. The summed E-state index contributed by atoms with van der Waals surface area (Å²) in [4.78, 5) is 7.81. The van der Waals surface area contributed by atoms with E-state index >= 15 is 0 Å². The Morgan fingerprint density at radius 3 is 3.11 bits per heavy atom. The van der Waals surface area contributed by atoms with Crippen LogP contribution in [0, 0.1) is 0 Å². The number of H-pyrrole nitrogens is 1. The van der Waals surface area contributed by atoms with Gasteiger partial charge in [-0.25, -0.2) is 9.97 Å². The Morgan fingerprint density at radius 1 is 1.67 bits per heavy atom. The Balaban J connectivity index is 2.81. The van der Waals surface area contributed by atoms with Crippen LogP contribution in [0.15, 0.2) is 12.5 Å². The van der Waals surface area contributed by atoms with Gasteiger partial charge in [0.2, 0.25) is 0 Å². The molecule has 0 spiro atoms. The highest BCUT2D eigenvalue weighted by Crippen LogP contribution is 2.05. The standard InChI is InChI=1S/C5H6N4/c1-9-4-2-6-3-7-5(4)8-9/h2-3H,1H3,(H,6,7,8). The van der Waals surface area contributed by atoms with Crippen molar-refractivity contribution in [2.45, 2.75) is 0 Å². The lowest BCUT2D eigenvalue weighted by molar-refractivity contribution is 0.746. The second-order valence-electron chi connectivity index (χ2n) is 1.93. The van der Waals surface area contributed by atoms with Crippen molar-refractivity contribution in [2.24, 2.45) is 7.05 Å². The van der Waals surface area contributed by atoms with E-state index in [1.165, 1.54) is 6.33 Å². The maximum absolute atomic E-state index is 3.95. The van der Waals surface area contributed by atoms with Crippen molar-refractivity contribution in [2.75, 3.05) is 0 Å². The molecule has 0 unspecified atom stereocenters. The lowest BCUT2D eigenvalue weighted by atomic mass is 10.5. The summed E-state index contributed by atoms with van der Waals surface area (Å²) in [5.41, 5.74) is 1.96. The second-order valence-corrected chi connectivity index (χ2v) is 1.93. The Kier molecular flexibility index (Phi) is 0.677. The number of aromatic amines is 1. The molecule has 0 radical (unpaired) electrons. The van der Waals surface area contributed by atoms with Gasteiger partial charge in [-0.1, -0.05) is 0 Å². The van der Waals surface area contributed by atoms with E-state index in [1.54, 1.807) is 6.20 Å². The van der Waals surface area contributed by atoms with Crippen LogP contribution in [0.4, 0.5) is 0 Å². The molecule has 2 aromatic rings. The molecule has 9 heavy (non-hydrogen) atoms. The lowest BCUT2D eigenvalue weighted by Gasteiger charge is -2.07. The summed E-state index contributed by atoms with van der Waals surface area (Å²) in [6.45, 7) is 0. The Bertz CT molecular complexity index is 318. The molecule has 0 aromatic carbocycles. The van der Waals surface area contributed by atoms with Crippen molar-refractivity contribution in [1.29, 1.82) is 0 Å². The SMILES string of the molecule is Cn1[nH]c2ncncc21. The van der Waals surface area contributed by atoms with E-state index in [4.69, 9.17) is 0 Å². The molecule has 0 saturated heterocycles. The van der Waals surface area contributed by atoms with Gasteiger partial charge < -0.3 is 0 Å². The third-order valence-electron chi connectivity index (χ3n) is 1.33. The maximum atomic E-state index is 3.95. The van der Waals surface area contributed by atoms with Crippen LogP contribution < -0.4 is 0 Å². The van der Waals surface area contributed by atoms with E-state index in [0.29, 0.717) is 0 Å². The van der Waals surface area contributed by atoms with Crippen molar-refractivity contribution < 1.29 is 0 Å². The first kappa shape index (κ1) is 4.55. The Morgan fingerprint density at radius 2 is 2.56 bits per heavy atom. The Hall–Kier alpha value is -1.32. The second kappa shape index (κ2) is 1.34. The average Bonchev–Trinajstić information content (AvgIpc) is 1.86. The summed E-state index contributed by atoms with van der Waals surface area (Å²) in [7, 11) is 1.92. The minimum atomic E-state index is 0.910. The van der Waals surface area contributed by atoms with E-state index in [9.17, 15) is 0 Å². The van der Waals surface area contributed by atoms with Gasteiger partial charge in [0, 0.05) is 7.05 Å². The van der Waals surface area contributed by atoms with E-state index in [1.807, 2.05) is 11.7 Å². The molecule has 0 saturated carbocycles. The first-order valence-corrected chi connectivity index (χ1v) is 2.68. The average molecular weight is 122 g/mol. The number of aromatic nitrogens is 4. The molecule has 0 bridgehead atoms. The van der Waals surface area contributed by atoms with Gasteiger partial charge in [-0.3, -0.25) is 9.78 Å². The largest absolute Gasteiger partial charge is 0.284 e. The van der Waals surface area contributed by atoms with Crippen LogP contribution in [0.5, 0.6) is 0 Å². The molecule has 0 fully saturated rings. The predicted octanol–water partition coefficient (Wildman–Crippen LogP) is 0.296. The van der Waals surface area contributed by atoms with Gasteiger partial charge in [0.05, 0.1) is 6.20 Å². The molecule has 0 atom stereocenters. The normalized spacial score (nSPS) is 10.8. The van der Waals surface area contributed by atoms with Crippen molar-refractivity contribution in [3.05, 3.63) is 12.5 Å². The first-order chi connectivity index (χ1) is 4.38. The number of nitrogens with zero attached hydrogens (tertiary/aromatic N) is 3. The molecule has 2 aromatic heterocycles. The number of hydrogen-bond acceptors (Lipinski definition) is 2. The van der Waals surface area contributed by atoms with Crippen LogP contribution in [-0.2, 0) is 7.05 Å². The van der Waals surface area contributed by atoms with Crippen molar-refractivity contribution in [1.82, 2.24) is 19.7 Å². The summed E-state index contributed by atoms with van der Waals surface area (Å²) in [6, 6.07) is 0.